The molecular formula is C28H23N7O2. The third-order valence-corrected chi connectivity index (χ3v) is 6.31. The first kappa shape index (κ1) is 22.5. The van der Waals surface area contributed by atoms with Crippen molar-refractivity contribution in [3.05, 3.63) is 94.3 Å². The number of hydrogen-bond acceptors (Lipinski definition) is 6. The van der Waals surface area contributed by atoms with Crippen molar-refractivity contribution in [1.29, 1.82) is 0 Å². The minimum Gasteiger partial charge on any atom is -0.381 e. The molecule has 3 aromatic heterocycles. The van der Waals surface area contributed by atoms with Crippen LogP contribution in [0.4, 0.5) is 5.82 Å². The van der Waals surface area contributed by atoms with Crippen LogP contribution in [0.3, 0.4) is 0 Å². The number of benzene rings is 2. The molecule has 6 rings (SSSR count). The molecule has 37 heavy (non-hydrogen) atoms. The van der Waals surface area contributed by atoms with Crippen LogP contribution in [0, 0.1) is 17.8 Å². The van der Waals surface area contributed by atoms with E-state index in [-0.39, 0.29) is 16.9 Å². The van der Waals surface area contributed by atoms with Gasteiger partial charge in [-0.05, 0) is 50.1 Å². The predicted octanol–water partition coefficient (Wildman–Crippen LogP) is 3.26. The van der Waals surface area contributed by atoms with E-state index in [0.717, 1.165) is 12.8 Å². The molecule has 1 aliphatic rings. The van der Waals surface area contributed by atoms with Crippen molar-refractivity contribution >= 4 is 28.3 Å². The van der Waals surface area contributed by atoms with Gasteiger partial charge in [0.1, 0.15) is 11.4 Å². The van der Waals surface area contributed by atoms with Gasteiger partial charge in [0, 0.05) is 23.9 Å². The van der Waals surface area contributed by atoms with Gasteiger partial charge in [-0.1, -0.05) is 36.1 Å². The van der Waals surface area contributed by atoms with Gasteiger partial charge in [0.15, 0.2) is 11.5 Å². The quantitative estimate of drug-likeness (QED) is 0.374. The van der Waals surface area contributed by atoms with Gasteiger partial charge in [0.25, 0.3) is 11.5 Å². The SMILES string of the molecule is C[C@H](NC(=O)c1c(N)nn2cccnc12)c1nc2cccc(C#CC3CC3)c2c(=O)n1-c1ccccc1. The third-order valence-electron chi connectivity index (χ3n) is 6.31. The Bertz CT molecular complexity index is 1790. The van der Waals surface area contributed by atoms with E-state index in [0.29, 0.717) is 39.5 Å². The van der Waals surface area contributed by atoms with Crippen molar-refractivity contribution < 1.29 is 4.79 Å². The highest BCUT2D eigenvalue weighted by atomic mass is 16.2. The summed E-state index contributed by atoms with van der Waals surface area (Å²) in [6, 6.07) is 15.8. The fourth-order valence-corrected chi connectivity index (χ4v) is 4.33. The van der Waals surface area contributed by atoms with Gasteiger partial charge in [-0.3, -0.25) is 14.2 Å². The van der Waals surface area contributed by atoms with Crippen molar-refractivity contribution in [3.63, 3.8) is 0 Å². The number of carbonyl (C=O) groups excluding carboxylic acids is 1. The zero-order valence-electron chi connectivity index (χ0n) is 20.0. The van der Waals surface area contributed by atoms with Crippen molar-refractivity contribution in [1.82, 2.24) is 29.5 Å². The molecule has 1 saturated carbocycles. The van der Waals surface area contributed by atoms with E-state index in [4.69, 9.17) is 10.7 Å². The number of nitrogens with one attached hydrogen (secondary N) is 1. The fraction of sp³-hybridized carbons (Fsp3) is 0.179. The number of amides is 1. The molecule has 1 amide bonds. The van der Waals surface area contributed by atoms with Gasteiger partial charge in [0.05, 0.1) is 22.6 Å². The van der Waals surface area contributed by atoms with Crippen LogP contribution in [0.1, 0.15) is 47.6 Å². The monoisotopic (exact) mass is 489 g/mol. The van der Waals surface area contributed by atoms with Crippen molar-refractivity contribution in [2.45, 2.75) is 25.8 Å². The lowest BCUT2D eigenvalue weighted by Crippen LogP contribution is -2.33. The summed E-state index contributed by atoms with van der Waals surface area (Å²) in [5, 5.41) is 7.56. The smallest absolute Gasteiger partial charge is 0.267 e. The van der Waals surface area contributed by atoms with E-state index in [9.17, 15) is 9.59 Å². The van der Waals surface area contributed by atoms with Crippen LogP contribution in [0.15, 0.2) is 71.8 Å². The lowest BCUT2D eigenvalue weighted by molar-refractivity contribution is 0.0940. The van der Waals surface area contributed by atoms with Crippen LogP contribution in [0.5, 0.6) is 0 Å². The minimum atomic E-state index is -0.649. The number of anilines is 1. The van der Waals surface area contributed by atoms with Crippen molar-refractivity contribution in [3.8, 4) is 17.5 Å². The number of carbonyl (C=O) groups is 1. The largest absolute Gasteiger partial charge is 0.381 e. The zero-order valence-corrected chi connectivity index (χ0v) is 20.0. The van der Waals surface area contributed by atoms with Crippen molar-refractivity contribution in [2.24, 2.45) is 5.92 Å². The van der Waals surface area contributed by atoms with Gasteiger partial charge in [0.2, 0.25) is 0 Å². The molecule has 1 aliphatic carbocycles. The first-order valence-electron chi connectivity index (χ1n) is 12.0. The van der Waals surface area contributed by atoms with Crippen LogP contribution in [-0.4, -0.2) is 30.1 Å². The van der Waals surface area contributed by atoms with Gasteiger partial charge < -0.3 is 11.1 Å². The number of aromatic nitrogens is 5. The van der Waals surface area contributed by atoms with Gasteiger partial charge in [-0.2, -0.15) is 0 Å². The Labute approximate surface area is 212 Å². The Hall–Kier alpha value is -4.97. The summed E-state index contributed by atoms with van der Waals surface area (Å²) in [6.45, 7) is 1.77. The fourth-order valence-electron chi connectivity index (χ4n) is 4.33. The van der Waals surface area contributed by atoms with E-state index in [1.54, 1.807) is 31.5 Å². The normalized spacial score (nSPS) is 13.8. The average Bonchev–Trinajstić information content (AvgIpc) is 3.67. The van der Waals surface area contributed by atoms with Crippen molar-refractivity contribution in [2.75, 3.05) is 5.73 Å². The molecule has 0 bridgehead atoms. The molecule has 5 aromatic rings. The predicted molar refractivity (Wildman–Crippen MR) is 140 cm³/mol. The molecular weight excluding hydrogens is 466 g/mol. The molecule has 9 nitrogen and oxygen atoms in total. The maximum Gasteiger partial charge on any atom is 0.267 e. The van der Waals surface area contributed by atoms with Crippen LogP contribution in [0.25, 0.3) is 22.2 Å². The maximum atomic E-state index is 14.0. The summed E-state index contributed by atoms with van der Waals surface area (Å²) in [4.78, 5) is 36.4. The number of nitrogen functional groups attached to an aromatic ring is 1. The zero-order chi connectivity index (χ0) is 25.5. The van der Waals surface area contributed by atoms with E-state index in [1.807, 2.05) is 42.5 Å². The Morgan fingerprint density at radius 2 is 1.95 bits per heavy atom. The molecule has 3 heterocycles. The second kappa shape index (κ2) is 8.91. The first-order valence-corrected chi connectivity index (χ1v) is 12.0. The summed E-state index contributed by atoms with van der Waals surface area (Å²) < 4.78 is 2.99. The number of para-hydroxylation sites is 1. The average molecular weight is 490 g/mol. The highest BCUT2D eigenvalue weighted by molar-refractivity contribution is 6.04. The van der Waals surface area contributed by atoms with E-state index >= 15 is 0 Å². The lowest BCUT2D eigenvalue weighted by Gasteiger charge is -2.20. The Balaban J connectivity index is 1.48. The summed E-state index contributed by atoms with van der Waals surface area (Å²) in [5.41, 5.74) is 8.12. The third kappa shape index (κ3) is 4.08. The Morgan fingerprint density at radius 1 is 1.14 bits per heavy atom. The standard InChI is InChI=1S/C28H23N7O2/c1-17(31-27(36)23-24(29)33-34-16-6-15-30-26(23)34)25-32-21-10-5-7-19(14-13-18-11-12-18)22(21)28(37)35(25)20-8-3-2-4-9-20/h2-10,15-18H,11-12H2,1H3,(H2,29,33)(H,31,36)/t17-/m0/s1. The molecule has 0 aliphatic heterocycles. The number of nitrogens with zero attached hydrogens (tertiary/aromatic N) is 5. The molecule has 182 valence electrons. The van der Waals surface area contributed by atoms with Crippen LogP contribution >= 0.6 is 0 Å². The van der Waals surface area contributed by atoms with Gasteiger partial charge in [-0.15, -0.1) is 5.10 Å². The van der Waals surface area contributed by atoms with E-state index in [1.165, 1.54) is 9.08 Å². The molecule has 3 N–H and O–H groups in total. The summed E-state index contributed by atoms with van der Waals surface area (Å²) in [6.07, 6.45) is 5.43. The Morgan fingerprint density at radius 3 is 2.73 bits per heavy atom. The topological polar surface area (TPSA) is 120 Å². The molecule has 0 radical (unpaired) electrons. The summed E-state index contributed by atoms with van der Waals surface area (Å²) >= 11 is 0. The number of fused-ring (bicyclic) bond motifs is 2. The van der Waals surface area contributed by atoms with Crippen LogP contribution < -0.4 is 16.6 Å². The second-order valence-corrected chi connectivity index (χ2v) is 9.03. The summed E-state index contributed by atoms with van der Waals surface area (Å²) in [7, 11) is 0. The maximum absolute atomic E-state index is 14.0. The van der Waals surface area contributed by atoms with Crippen LogP contribution in [-0.2, 0) is 0 Å². The lowest BCUT2D eigenvalue weighted by atomic mass is 10.1. The molecule has 0 unspecified atom stereocenters. The molecule has 9 heteroatoms. The second-order valence-electron chi connectivity index (χ2n) is 9.03. The van der Waals surface area contributed by atoms with E-state index in [2.05, 4.69) is 27.2 Å². The minimum absolute atomic E-state index is 0.0641. The van der Waals surface area contributed by atoms with Gasteiger partial charge >= 0.3 is 0 Å². The Kier molecular flexibility index (Phi) is 5.42. The molecule has 0 saturated heterocycles. The molecule has 1 fully saturated rings. The number of nitrogens with two attached hydrogens (primary N) is 1. The number of hydrogen-bond donors (Lipinski definition) is 2. The first-order chi connectivity index (χ1) is 18.0. The molecule has 2 aromatic carbocycles. The van der Waals surface area contributed by atoms with Gasteiger partial charge in [-0.25, -0.2) is 14.5 Å². The summed E-state index contributed by atoms with van der Waals surface area (Å²) in [5.74, 6) is 6.81. The van der Waals surface area contributed by atoms with E-state index < -0.39 is 11.9 Å². The molecule has 1 atom stereocenters. The highest BCUT2D eigenvalue weighted by Crippen LogP contribution is 2.28. The molecule has 0 spiro atoms. The van der Waals surface area contributed by atoms with Crippen LogP contribution in [0.2, 0.25) is 0 Å². The highest BCUT2D eigenvalue weighted by Gasteiger charge is 2.25. The number of rotatable bonds is 4.